The lowest BCUT2D eigenvalue weighted by molar-refractivity contribution is -0.138. The van der Waals surface area contributed by atoms with Crippen molar-refractivity contribution >= 4 is 11.9 Å². The van der Waals surface area contributed by atoms with Gasteiger partial charge in [-0.2, -0.15) is 0 Å². The first kappa shape index (κ1) is 14.1. The molecule has 4 heteroatoms. The van der Waals surface area contributed by atoms with Crippen molar-refractivity contribution in [1.82, 2.24) is 5.32 Å². The molecule has 2 fully saturated rings. The van der Waals surface area contributed by atoms with Crippen LogP contribution in [0.3, 0.4) is 0 Å². The molecule has 3 atom stereocenters. The minimum Gasteiger partial charge on any atom is -0.481 e. The van der Waals surface area contributed by atoms with Crippen LogP contribution in [0.5, 0.6) is 0 Å². The lowest BCUT2D eigenvalue weighted by Gasteiger charge is -2.13. The lowest BCUT2D eigenvalue weighted by atomic mass is 9.99. The van der Waals surface area contributed by atoms with Gasteiger partial charge in [0.2, 0.25) is 5.91 Å². The molecular formula is C17H21NO3. The van der Waals surface area contributed by atoms with Gasteiger partial charge in [-0.3, -0.25) is 9.59 Å². The van der Waals surface area contributed by atoms with Gasteiger partial charge in [0.25, 0.3) is 0 Å². The normalized spacial score (nSPS) is 28.3. The van der Waals surface area contributed by atoms with Crippen molar-refractivity contribution in [2.24, 2.45) is 17.8 Å². The van der Waals surface area contributed by atoms with E-state index in [0.717, 1.165) is 18.4 Å². The molecule has 0 spiro atoms. The Morgan fingerprint density at radius 3 is 2.33 bits per heavy atom. The van der Waals surface area contributed by atoms with Crippen molar-refractivity contribution in [3.63, 3.8) is 0 Å². The molecule has 0 heterocycles. The maximum atomic E-state index is 12.2. The standard InChI is InChI=1S/C17H21NO3/c19-16(15-12-8-4-5-9-13(12)15)18-10-14(17(20)21)11-6-2-1-3-7-11/h1-3,6-7,12-15H,4-5,8-10H2,(H,18,19)(H,20,21). The number of nitrogens with one attached hydrogen (secondary N) is 1. The molecule has 0 saturated heterocycles. The molecule has 1 amide bonds. The highest BCUT2D eigenvalue weighted by Crippen LogP contribution is 2.55. The van der Waals surface area contributed by atoms with Gasteiger partial charge in [0, 0.05) is 12.5 Å². The number of carboxylic acid groups (broad SMARTS) is 1. The fraction of sp³-hybridized carbons (Fsp3) is 0.529. The van der Waals surface area contributed by atoms with E-state index in [0.29, 0.717) is 11.8 Å². The maximum absolute atomic E-state index is 12.2. The van der Waals surface area contributed by atoms with Gasteiger partial charge in [-0.05, 0) is 30.2 Å². The zero-order chi connectivity index (χ0) is 14.8. The first-order chi connectivity index (χ1) is 10.2. The number of benzene rings is 1. The molecule has 0 aliphatic heterocycles. The summed E-state index contributed by atoms with van der Waals surface area (Å²) in [6.07, 6.45) is 4.77. The summed E-state index contributed by atoms with van der Waals surface area (Å²) >= 11 is 0. The van der Waals surface area contributed by atoms with Crippen LogP contribution < -0.4 is 5.32 Å². The highest BCUT2D eigenvalue weighted by atomic mass is 16.4. The fourth-order valence-electron chi connectivity index (χ4n) is 3.73. The zero-order valence-corrected chi connectivity index (χ0v) is 12.0. The Balaban J connectivity index is 1.58. The Hall–Kier alpha value is -1.84. The van der Waals surface area contributed by atoms with Gasteiger partial charge in [-0.15, -0.1) is 0 Å². The van der Waals surface area contributed by atoms with Crippen LogP contribution >= 0.6 is 0 Å². The lowest BCUT2D eigenvalue weighted by Crippen LogP contribution is -2.33. The number of hydrogen-bond donors (Lipinski definition) is 2. The maximum Gasteiger partial charge on any atom is 0.312 e. The predicted molar refractivity (Wildman–Crippen MR) is 78.8 cm³/mol. The number of rotatable bonds is 5. The van der Waals surface area contributed by atoms with E-state index in [1.807, 2.05) is 18.2 Å². The Morgan fingerprint density at radius 2 is 1.76 bits per heavy atom. The molecule has 2 saturated carbocycles. The average Bonchev–Trinajstić information content (AvgIpc) is 3.22. The smallest absolute Gasteiger partial charge is 0.312 e. The number of fused-ring (bicyclic) bond motifs is 1. The summed E-state index contributed by atoms with van der Waals surface area (Å²) < 4.78 is 0. The van der Waals surface area contributed by atoms with E-state index in [1.54, 1.807) is 12.1 Å². The molecule has 2 aliphatic carbocycles. The van der Waals surface area contributed by atoms with Crippen molar-refractivity contribution in [2.45, 2.75) is 31.6 Å². The molecule has 4 nitrogen and oxygen atoms in total. The van der Waals surface area contributed by atoms with Gasteiger partial charge in [0.15, 0.2) is 0 Å². The van der Waals surface area contributed by atoms with E-state index in [1.165, 1.54) is 12.8 Å². The second-order valence-electron chi connectivity index (χ2n) is 6.18. The number of carbonyl (C=O) groups is 2. The van der Waals surface area contributed by atoms with Crippen LogP contribution in [-0.4, -0.2) is 23.5 Å². The third-order valence-electron chi connectivity index (χ3n) is 4.94. The first-order valence-corrected chi connectivity index (χ1v) is 7.74. The van der Waals surface area contributed by atoms with E-state index < -0.39 is 11.9 Å². The van der Waals surface area contributed by atoms with Gasteiger partial charge in [0.1, 0.15) is 0 Å². The average molecular weight is 287 g/mol. The topological polar surface area (TPSA) is 66.4 Å². The van der Waals surface area contributed by atoms with Crippen molar-refractivity contribution in [3.8, 4) is 0 Å². The van der Waals surface area contributed by atoms with Crippen molar-refractivity contribution in [3.05, 3.63) is 35.9 Å². The highest BCUT2D eigenvalue weighted by Gasteiger charge is 2.54. The zero-order valence-electron chi connectivity index (χ0n) is 12.0. The Labute approximate surface area is 124 Å². The summed E-state index contributed by atoms with van der Waals surface area (Å²) in [6, 6.07) is 9.09. The molecule has 0 aromatic heterocycles. The number of hydrogen-bond acceptors (Lipinski definition) is 2. The molecule has 0 radical (unpaired) electrons. The molecule has 2 aliphatic rings. The Morgan fingerprint density at radius 1 is 1.14 bits per heavy atom. The summed E-state index contributed by atoms with van der Waals surface area (Å²) in [5.41, 5.74) is 0.735. The van der Waals surface area contributed by atoms with Crippen LogP contribution in [0.2, 0.25) is 0 Å². The minimum absolute atomic E-state index is 0.0501. The quantitative estimate of drug-likeness (QED) is 0.874. The molecule has 3 rings (SSSR count). The van der Waals surface area contributed by atoms with Crippen molar-refractivity contribution in [1.29, 1.82) is 0 Å². The van der Waals surface area contributed by atoms with Crippen LogP contribution in [0.25, 0.3) is 0 Å². The van der Waals surface area contributed by atoms with Gasteiger partial charge in [0.05, 0.1) is 5.92 Å². The van der Waals surface area contributed by atoms with Crippen LogP contribution in [-0.2, 0) is 9.59 Å². The van der Waals surface area contributed by atoms with Gasteiger partial charge in [-0.1, -0.05) is 43.2 Å². The third-order valence-corrected chi connectivity index (χ3v) is 4.94. The van der Waals surface area contributed by atoms with Gasteiger partial charge >= 0.3 is 5.97 Å². The largest absolute Gasteiger partial charge is 0.481 e. The highest BCUT2D eigenvalue weighted by molar-refractivity contribution is 5.83. The summed E-state index contributed by atoms with van der Waals surface area (Å²) in [5, 5.41) is 12.2. The molecular weight excluding hydrogens is 266 g/mol. The summed E-state index contributed by atoms with van der Waals surface area (Å²) in [6.45, 7) is 0.175. The molecule has 21 heavy (non-hydrogen) atoms. The minimum atomic E-state index is -0.894. The van der Waals surface area contributed by atoms with E-state index >= 15 is 0 Å². The number of aliphatic carboxylic acids is 1. The molecule has 3 unspecified atom stereocenters. The van der Waals surface area contributed by atoms with E-state index in [2.05, 4.69) is 5.32 Å². The second kappa shape index (κ2) is 5.88. The Kier molecular flexibility index (Phi) is 3.95. The van der Waals surface area contributed by atoms with Crippen LogP contribution in [0.1, 0.15) is 37.2 Å². The molecule has 1 aromatic rings. The van der Waals surface area contributed by atoms with Crippen molar-refractivity contribution in [2.75, 3.05) is 6.54 Å². The van der Waals surface area contributed by atoms with E-state index in [9.17, 15) is 14.7 Å². The predicted octanol–water partition coefficient (Wildman–Crippen LogP) is 2.41. The summed E-state index contributed by atoms with van der Waals surface area (Å²) in [7, 11) is 0. The molecule has 1 aromatic carbocycles. The Bertz CT molecular complexity index is 516. The summed E-state index contributed by atoms with van der Waals surface area (Å²) in [4.78, 5) is 23.6. The van der Waals surface area contributed by atoms with Crippen LogP contribution in [0.15, 0.2) is 30.3 Å². The van der Waals surface area contributed by atoms with Gasteiger partial charge in [-0.25, -0.2) is 0 Å². The molecule has 2 N–H and O–H groups in total. The van der Waals surface area contributed by atoms with E-state index in [4.69, 9.17) is 0 Å². The third kappa shape index (κ3) is 2.94. The van der Waals surface area contributed by atoms with Crippen molar-refractivity contribution < 1.29 is 14.7 Å². The summed E-state index contributed by atoms with van der Waals surface area (Å²) in [5.74, 6) is -0.269. The van der Waals surface area contributed by atoms with Crippen LogP contribution in [0, 0.1) is 17.8 Å². The van der Waals surface area contributed by atoms with E-state index in [-0.39, 0.29) is 18.4 Å². The number of amides is 1. The van der Waals surface area contributed by atoms with Gasteiger partial charge < -0.3 is 10.4 Å². The second-order valence-corrected chi connectivity index (χ2v) is 6.18. The SMILES string of the molecule is O=C(O)C(CNC(=O)C1C2CCCCC21)c1ccccc1. The first-order valence-electron chi connectivity index (χ1n) is 7.74. The monoisotopic (exact) mass is 287 g/mol. The van der Waals surface area contributed by atoms with Crippen LogP contribution in [0.4, 0.5) is 0 Å². The fourth-order valence-corrected chi connectivity index (χ4v) is 3.73. The molecule has 112 valence electrons. The number of carboxylic acids is 1. The number of carbonyl (C=O) groups excluding carboxylic acids is 1. The molecule has 0 bridgehead atoms.